The molecule has 0 spiro atoms. The molecule has 0 unspecified atom stereocenters. The molecule has 0 aliphatic carbocycles. The van der Waals surface area contributed by atoms with Crippen LogP contribution in [0.3, 0.4) is 0 Å². The molecule has 2 N–H and O–H groups in total. The number of hydrogen-bond acceptors (Lipinski definition) is 5. The second-order valence-electron chi connectivity index (χ2n) is 3.26. The molecule has 0 amide bonds. The van der Waals surface area contributed by atoms with Crippen LogP contribution < -0.4 is 5.73 Å². The van der Waals surface area contributed by atoms with Crippen molar-refractivity contribution in [3.8, 4) is 0 Å². The first kappa shape index (κ1) is 9.85. The topological polar surface area (TPSA) is 82.8 Å². The van der Waals surface area contributed by atoms with Crippen LogP contribution in [0, 0.1) is 6.92 Å². The highest BCUT2D eigenvalue weighted by Crippen LogP contribution is 2.02. The maximum absolute atomic E-state index is 5.56. The standard InChI is InChI=1S/C9H13N5O/c1-7-12-9(13-15-7)2-3-14-6-11-5-8(14)4-10/h5-6H,2-4,10H2,1H3. The third-order valence-corrected chi connectivity index (χ3v) is 2.15. The Labute approximate surface area is 87.1 Å². The van der Waals surface area contributed by atoms with Crippen molar-refractivity contribution in [2.45, 2.75) is 26.4 Å². The van der Waals surface area contributed by atoms with Gasteiger partial charge in [-0.25, -0.2) is 4.98 Å². The van der Waals surface area contributed by atoms with E-state index in [-0.39, 0.29) is 0 Å². The van der Waals surface area contributed by atoms with Crippen LogP contribution in [0.25, 0.3) is 0 Å². The van der Waals surface area contributed by atoms with Crippen LogP contribution in [-0.2, 0) is 19.5 Å². The monoisotopic (exact) mass is 207 g/mol. The Hall–Kier alpha value is -1.69. The van der Waals surface area contributed by atoms with E-state index in [1.165, 1.54) is 0 Å². The van der Waals surface area contributed by atoms with Gasteiger partial charge in [0.15, 0.2) is 5.82 Å². The fourth-order valence-electron chi connectivity index (χ4n) is 1.38. The SMILES string of the molecule is Cc1nc(CCn2cncc2CN)no1. The molecule has 0 atom stereocenters. The summed E-state index contributed by atoms with van der Waals surface area (Å²) in [4.78, 5) is 8.15. The molecule has 15 heavy (non-hydrogen) atoms. The van der Waals surface area contributed by atoms with Gasteiger partial charge >= 0.3 is 0 Å². The first-order chi connectivity index (χ1) is 7.29. The van der Waals surface area contributed by atoms with E-state index in [0.29, 0.717) is 18.3 Å². The van der Waals surface area contributed by atoms with Gasteiger partial charge in [-0.1, -0.05) is 5.16 Å². The summed E-state index contributed by atoms with van der Waals surface area (Å²) in [6.07, 6.45) is 4.25. The third-order valence-electron chi connectivity index (χ3n) is 2.15. The molecule has 2 aromatic rings. The van der Waals surface area contributed by atoms with Gasteiger partial charge in [-0.15, -0.1) is 0 Å². The zero-order chi connectivity index (χ0) is 10.7. The minimum absolute atomic E-state index is 0.491. The van der Waals surface area contributed by atoms with Crippen LogP contribution >= 0.6 is 0 Å². The van der Waals surface area contributed by atoms with Crippen LogP contribution in [0.15, 0.2) is 17.0 Å². The Morgan fingerprint density at radius 1 is 1.53 bits per heavy atom. The molecule has 0 aliphatic rings. The molecule has 0 saturated carbocycles. The van der Waals surface area contributed by atoms with Crippen LogP contribution in [0.2, 0.25) is 0 Å². The molecule has 0 radical (unpaired) electrons. The molecule has 6 nitrogen and oxygen atoms in total. The number of aryl methyl sites for hydroxylation is 3. The maximum Gasteiger partial charge on any atom is 0.223 e. The molecule has 0 fully saturated rings. The number of rotatable bonds is 4. The second-order valence-corrected chi connectivity index (χ2v) is 3.26. The summed E-state index contributed by atoms with van der Waals surface area (Å²) in [6.45, 7) is 3.04. The molecule has 80 valence electrons. The smallest absolute Gasteiger partial charge is 0.223 e. The fraction of sp³-hybridized carbons (Fsp3) is 0.444. The highest BCUT2D eigenvalue weighted by Gasteiger charge is 2.04. The lowest BCUT2D eigenvalue weighted by atomic mass is 10.4. The van der Waals surface area contributed by atoms with E-state index in [2.05, 4.69) is 15.1 Å². The minimum atomic E-state index is 0.491. The summed E-state index contributed by atoms with van der Waals surface area (Å²) in [5.41, 5.74) is 6.57. The molecular formula is C9H13N5O. The first-order valence-corrected chi connectivity index (χ1v) is 4.78. The van der Waals surface area contributed by atoms with E-state index in [1.54, 1.807) is 19.4 Å². The van der Waals surface area contributed by atoms with Crippen molar-refractivity contribution in [2.75, 3.05) is 0 Å². The van der Waals surface area contributed by atoms with Gasteiger partial charge in [0.1, 0.15) is 0 Å². The van der Waals surface area contributed by atoms with E-state index < -0.39 is 0 Å². The Morgan fingerprint density at radius 3 is 3.07 bits per heavy atom. The number of hydrogen-bond donors (Lipinski definition) is 1. The van der Waals surface area contributed by atoms with Crippen LogP contribution in [0.4, 0.5) is 0 Å². The Morgan fingerprint density at radius 2 is 2.40 bits per heavy atom. The normalized spacial score (nSPS) is 10.8. The summed E-state index contributed by atoms with van der Waals surface area (Å²) in [5.74, 6) is 1.30. The summed E-state index contributed by atoms with van der Waals surface area (Å²) >= 11 is 0. The summed E-state index contributed by atoms with van der Waals surface area (Å²) in [7, 11) is 0. The van der Waals surface area contributed by atoms with E-state index in [1.807, 2.05) is 4.57 Å². The van der Waals surface area contributed by atoms with E-state index >= 15 is 0 Å². The fourth-order valence-corrected chi connectivity index (χ4v) is 1.38. The van der Waals surface area contributed by atoms with Gasteiger partial charge in [0.25, 0.3) is 0 Å². The molecule has 0 saturated heterocycles. The molecule has 2 aromatic heterocycles. The molecule has 0 aliphatic heterocycles. The molecule has 2 heterocycles. The highest BCUT2D eigenvalue weighted by molar-refractivity contribution is 4.98. The van der Waals surface area contributed by atoms with E-state index in [0.717, 1.165) is 18.7 Å². The predicted molar refractivity (Wildman–Crippen MR) is 52.9 cm³/mol. The van der Waals surface area contributed by atoms with Crippen molar-refractivity contribution in [2.24, 2.45) is 5.73 Å². The van der Waals surface area contributed by atoms with Crippen LogP contribution in [0.1, 0.15) is 17.4 Å². The van der Waals surface area contributed by atoms with Gasteiger partial charge in [0.2, 0.25) is 5.89 Å². The number of imidazole rings is 1. The lowest BCUT2D eigenvalue weighted by molar-refractivity contribution is 0.386. The Balaban J connectivity index is 1.98. The molecule has 0 aromatic carbocycles. The summed E-state index contributed by atoms with van der Waals surface area (Å²) < 4.78 is 6.87. The van der Waals surface area contributed by atoms with Crippen LogP contribution in [-0.4, -0.2) is 19.7 Å². The lowest BCUT2D eigenvalue weighted by Crippen LogP contribution is -2.08. The maximum atomic E-state index is 5.56. The lowest BCUT2D eigenvalue weighted by Gasteiger charge is -2.03. The van der Waals surface area contributed by atoms with Crippen molar-refractivity contribution < 1.29 is 4.52 Å². The zero-order valence-corrected chi connectivity index (χ0v) is 8.55. The quantitative estimate of drug-likeness (QED) is 0.778. The van der Waals surface area contributed by atoms with Gasteiger partial charge in [-0.3, -0.25) is 0 Å². The van der Waals surface area contributed by atoms with Crippen molar-refractivity contribution >= 4 is 0 Å². The third kappa shape index (κ3) is 2.21. The minimum Gasteiger partial charge on any atom is -0.340 e. The summed E-state index contributed by atoms with van der Waals surface area (Å²) in [6, 6.07) is 0. The number of nitrogens with zero attached hydrogens (tertiary/aromatic N) is 4. The largest absolute Gasteiger partial charge is 0.340 e. The highest BCUT2D eigenvalue weighted by atomic mass is 16.5. The van der Waals surface area contributed by atoms with Crippen molar-refractivity contribution in [3.63, 3.8) is 0 Å². The van der Waals surface area contributed by atoms with Crippen LogP contribution in [0.5, 0.6) is 0 Å². The molecule has 0 bridgehead atoms. The Bertz CT molecular complexity index is 433. The summed E-state index contributed by atoms with van der Waals surface area (Å²) in [5, 5.41) is 3.82. The second kappa shape index (κ2) is 4.22. The van der Waals surface area contributed by atoms with Crippen molar-refractivity contribution in [1.82, 2.24) is 19.7 Å². The number of nitrogens with two attached hydrogens (primary N) is 1. The predicted octanol–water partition coefficient (Wildman–Crippen LogP) is 0.276. The van der Waals surface area contributed by atoms with E-state index in [9.17, 15) is 0 Å². The van der Waals surface area contributed by atoms with Crippen molar-refractivity contribution in [3.05, 3.63) is 29.9 Å². The zero-order valence-electron chi connectivity index (χ0n) is 8.55. The number of aromatic nitrogens is 4. The molecular weight excluding hydrogens is 194 g/mol. The average molecular weight is 207 g/mol. The first-order valence-electron chi connectivity index (χ1n) is 4.78. The van der Waals surface area contributed by atoms with Gasteiger partial charge in [-0.05, 0) is 0 Å². The molecule has 6 heteroatoms. The van der Waals surface area contributed by atoms with Crippen molar-refractivity contribution in [1.29, 1.82) is 0 Å². The van der Waals surface area contributed by atoms with E-state index in [4.69, 9.17) is 10.3 Å². The van der Waals surface area contributed by atoms with Gasteiger partial charge in [0.05, 0.1) is 12.0 Å². The average Bonchev–Trinajstić information content (AvgIpc) is 2.83. The van der Waals surface area contributed by atoms with Gasteiger partial charge < -0.3 is 14.8 Å². The van der Waals surface area contributed by atoms with Gasteiger partial charge in [0, 0.05) is 32.6 Å². The molecule has 2 rings (SSSR count). The Kier molecular flexibility index (Phi) is 2.77. The van der Waals surface area contributed by atoms with Gasteiger partial charge in [-0.2, -0.15) is 4.98 Å².